The van der Waals surface area contributed by atoms with E-state index in [2.05, 4.69) is 80.2 Å². The van der Waals surface area contributed by atoms with Crippen LogP contribution in [0, 0.1) is 20.2 Å². The fraction of sp³-hybridized carbons (Fsp3) is 0.189. The molecule has 0 saturated carbocycles. The summed E-state index contributed by atoms with van der Waals surface area (Å²) in [5.41, 5.74) is 7.49. The van der Waals surface area contributed by atoms with Gasteiger partial charge >= 0.3 is 0 Å². The Morgan fingerprint density at radius 3 is 2.40 bits per heavy atom. The van der Waals surface area contributed by atoms with Crippen molar-refractivity contribution >= 4 is 32.8 Å². The average molecular weight is 554 g/mol. The minimum absolute atomic E-state index is 0.0154. The largest absolute Gasteiger partial charge is 0.458 e. The Morgan fingerprint density at radius 2 is 1.57 bits per heavy atom. The van der Waals surface area contributed by atoms with E-state index >= 15 is 0 Å². The number of nitrogens with zero attached hydrogens (tertiary/aromatic N) is 4. The number of hydrogen-bond donors (Lipinski definition) is 0. The summed E-state index contributed by atoms with van der Waals surface area (Å²) in [6.07, 6.45) is 4.95. The molecule has 0 fully saturated rings. The van der Waals surface area contributed by atoms with Gasteiger partial charge in [-0.05, 0) is 67.3 Å². The second kappa shape index (κ2) is 9.59. The van der Waals surface area contributed by atoms with Crippen LogP contribution in [0.25, 0.3) is 44.3 Å². The third-order valence-electron chi connectivity index (χ3n) is 8.07. The Hall–Kier alpha value is -4.90. The van der Waals surface area contributed by atoms with Crippen molar-refractivity contribution in [2.24, 2.45) is 6.98 Å². The molecule has 0 spiro atoms. The standard InChI is InChI=1S/C37H34N4O/c1-24-18-34-35(19-25(24)2)40(23-39(34)6)27-10-9-11-28(21-27)42-29-14-15-31-30-12-7-8-13-32(30)41(33(31)22-29)36-20-26(16-17-38-36)37(3,4)5/h7-22H,1-6H3/i6D3. The van der Waals surface area contributed by atoms with E-state index in [1.165, 1.54) is 10.1 Å². The molecule has 0 aliphatic heterocycles. The average Bonchev–Trinajstić information content (AvgIpc) is 3.53. The highest BCUT2D eigenvalue weighted by atomic mass is 16.5. The first-order chi connectivity index (χ1) is 21.4. The van der Waals surface area contributed by atoms with Crippen molar-refractivity contribution < 1.29 is 13.4 Å². The second-order valence-corrected chi connectivity index (χ2v) is 12.0. The Kier molecular flexibility index (Phi) is 5.19. The summed E-state index contributed by atoms with van der Waals surface area (Å²) < 4.78 is 36.0. The van der Waals surface area contributed by atoms with Crippen LogP contribution in [0.4, 0.5) is 0 Å². The lowest BCUT2D eigenvalue weighted by Crippen LogP contribution is -2.26. The summed E-state index contributed by atoms with van der Waals surface area (Å²) in [5.74, 6) is 2.17. The van der Waals surface area contributed by atoms with Gasteiger partial charge < -0.3 is 13.9 Å². The van der Waals surface area contributed by atoms with E-state index in [1.807, 2.05) is 62.5 Å². The number of ether oxygens (including phenoxy) is 1. The quantitative estimate of drug-likeness (QED) is 0.162. The van der Waals surface area contributed by atoms with Gasteiger partial charge in [-0.2, -0.15) is 0 Å². The molecule has 0 saturated heterocycles. The van der Waals surface area contributed by atoms with Crippen molar-refractivity contribution in [2.75, 3.05) is 0 Å². The molecule has 0 aliphatic carbocycles. The molecule has 0 bridgehead atoms. The first-order valence-corrected chi connectivity index (χ1v) is 14.1. The maximum atomic E-state index is 8.09. The number of hydrogen-bond acceptors (Lipinski definition) is 2. The van der Waals surface area contributed by atoms with E-state index in [4.69, 9.17) is 13.8 Å². The van der Waals surface area contributed by atoms with Crippen LogP contribution in [0.1, 0.15) is 41.6 Å². The normalized spacial score (nSPS) is 13.4. The van der Waals surface area contributed by atoms with E-state index in [-0.39, 0.29) is 5.41 Å². The van der Waals surface area contributed by atoms with Gasteiger partial charge in [-0.1, -0.05) is 74.4 Å². The van der Waals surface area contributed by atoms with Gasteiger partial charge in [0.1, 0.15) is 17.3 Å². The molecule has 5 nitrogen and oxygen atoms in total. The van der Waals surface area contributed by atoms with Gasteiger partial charge in [0.05, 0.1) is 38.8 Å². The topological polar surface area (TPSA) is 35.9 Å². The molecule has 0 amide bonds. The van der Waals surface area contributed by atoms with E-state index in [1.54, 1.807) is 4.57 Å². The SMILES string of the molecule is [2H]C([2H])([2H])[n+]1[c-]n(-c2cccc(Oc3ccc4c5ccccc5n(-c5cc(C(C)(C)C)ccn5)c4c3)c2)c2cc(C)c(C)cc21. The number of pyridine rings is 1. The zero-order chi connectivity index (χ0) is 31.7. The fourth-order valence-corrected chi connectivity index (χ4v) is 5.64. The van der Waals surface area contributed by atoms with Crippen LogP contribution in [-0.2, 0) is 12.4 Å². The number of benzene rings is 4. The lowest BCUT2D eigenvalue weighted by molar-refractivity contribution is -0.649. The summed E-state index contributed by atoms with van der Waals surface area (Å²) in [4.78, 5) is 4.78. The monoisotopic (exact) mass is 553 g/mol. The van der Waals surface area contributed by atoms with Gasteiger partial charge in [0.15, 0.2) is 0 Å². The number of aromatic nitrogens is 4. The van der Waals surface area contributed by atoms with Crippen LogP contribution < -0.4 is 9.30 Å². The number of fused-ring (bicyclic) bond motifs is 4. The maximum Gasteiger partial charge on any atom is 0.244 e. The van der Waals surface area contributed by atoms with Crippen LogP contribution in [0.5, 0.6) is 11.5 Å². The van der Waals surface area contributed by atoms with E-state index in [9.17, 15) is 0 Å². The van der Waals surface area contributed by atoms with Gasteiger partial charge in [-0.3, -0.25) is 4.57 Å². The summed E-state index contributed by atoms with van der Waals surface area (Å²) in [7, 11) is 0. The van der Waals surface area contributed by atoms with Crippen LogP contribution >= 0.6 is 0 Å². The number of para-hydroxylation sites is 1. The molecule has 3 heterocycles. The van der Waals surface area contributed by atoms with Crippen molar-refractivity contribution in [2.45, 2.75) is 40.0 Å². The van der Waals surface area contributed by atoms with Crippen LogP contribution in [0.2, 0.25) is 0 Å². The van der Waals surface area contributed by atoms with E-state index < -0.39 is 6.98 Å². The summed E-state index contributed by atoms with van der Waals surface area (Å²) in [5, 5.41) is 2.26. The molecule has 0 N–H and O–H groups in total. The van der Waals surface area contributed by atoms with E-state index in [0.29, 0.717) is 17.0 Å². The molecule has 208 valence electrons. The molecule has 5 heteroatoms. The first kappa shape index (κ1) is 22.8. The van der Waals surface area contributed by atoms with Gasteiger partial charge in [-0.15, -0.1) is 0 Å². The van der Waals surface area contributed by atoms with Gasteiger partial charge in [-0.25, -0.2) is 4.98 Å². The Labute approximate surface area is 250 Å². The summed E-state index contributed by atoms with van der Waals surface area (Å²) >= 11 is 0. The number of aryl methyl sites for hydroxylation is 3. The molecule has 0 unspecified atom stereocenters. The van der Waals surface area contributed by atoms with Gasteiger partial charge in [0.2, 0.25) is 6.33 Å². The molecule has 0 atom stereocenters. The van der Waals surface area contributed by atoms with Crippen molar-refractivity contribution in [1.82, 2.24) is 14.1 Å². The lowest BCUT2D eigenvalue weighted by Gasteiger charge is -2.20. The summed E-state index contributed by atoms with van der Waals surface area (Å²) in [6.45, 7) is 8.26. The van der Waals surface area contributed by atoms with Crippen molar-refractivity contribution in [1.29, 1.82) is 0 Å². The minimum atomic E-state index is -2.37. The highest BCUT2D eigenvalue weighted by molar-refractivity contribution is 6.09. The zero-order valence-electron chi connectivity index (χ0n) is 27.4. The van der Waals surface area contributed by atoms with Crippen molar-refractivity contribution in [3.8, 4) is 23.0 Å². The minimum Gasteiger partial charge on any atom is -0.458 e. The highest BCUT2D eigenvalue weighted by Gasteiger charge is 2.18. The molecule has 42 heavy (non-hydrogen) atoms. The predicted octanol–water partition coefficient (Wildman–Crippen LogP) is 8.45. The van der Waals surface area contributed by atoms with Crippen LogP contribution in [0.3, 0.4) is 0 Å². The predicted molar refractivity (Wildman–Crippen MR) is 170 cm³/mol. The van der Waals surface area contributed by atoms with Crippen LogP contribution in [0.15, 0.2) is 97.2 Å². The Bertz CT molecular complexity index is 2250. The molecular weight excluding hydrogens is 516 g/mol. The Morgan fingerprint density at radius 1 is 0.786 bits per heavy atom. The van der Waals surface area contributed by atoms with Crippen molar-refractivity contribution in [3.05, 3.63) is 120 Å². The Balaban J connectivity index is 1.33. The molecule has 3 aromatic heterocycles. The molecule has 0 aliphatic rings. The molecule has 0 radical (unpaired) electrons. The molecule has 7 rings (SSSR count). The fourth-order valence-electron chi connectivity index (χ4n) is 5.64. The first-order valence-electron chi connectivity index (χ1n) is 15.6. The van der Waals surface area contributed by atoms with Crippen LogP contribution in [-0.4, -0.2) is 14.1 Å². The maximum absolute atomic E-state index is 8.09. The second-order valence-electron chi connectivity index (χ2n) is 12.0. The zero-order valence-corrected chi connectivity index (χ0v) is 24.4. The highest BCUT2D eigenvalue weighted by Crippen LogP contribution is 2.36. The third-order valence-corrected chi connectivity index (χ3v) is 8.07. The van der Waals surface area contributed by atoms with Gasteiger partial charge in [0, 0.05) is 23.0 Å². The molecule has 4 aromatic carbocycles. The summed E-state index contributed by atoms with van der Waals surface area (Å²) in [6, 6.07) is 30.3. The third kappa shape index (κ3) is 4.33. The van der Waals surface area contributed by atoms with Gasteiger partial charge in [0.25, 0.3) is 0 Å². The number of rotatable bonds is 4. The lowest BCUT2D eigenvalue weighted by atomic mass is 9.88. The molecular formula is C37H34N4O. The van der Waals surface area contributed by atoms with Crippen molar-refractivity contribution in [3.63, 3.8) is 0 Å². The smallest absolute Gasteiger partial charge is 0.244 e. The molecule has 7 aromatic rings. The number of imidazole rings is 1. The van der Waals surface area contributed by atoms with E-state index in [0.717, 1.165) is 50.0 Å².